The Labute approximate surface area is 119 Å². The standard InChI is InChI=1S/C13H19N3O3S/c1-4-14-13(17)12-9-10-7-5-6-8-11(10)16(12)20(18,19)15(2)3/h5-8,12H,4,9H2,1-3H3,(H,14,17). The minimum Gasteiger partial charge on any atom is -0.355 e. The molecule has 1 N–H and O–H groups in total. The summed E-state index contributed by atoms with van der Waals surface area (Å²) in [7, 11) is -0.770. The maximum absolute atomic E-state index is 12.5. The summed E-state index contributed by atoms with van der Waals surface area (Å²) in [6, 6.07) is 6.48. The van der Waals surface area contributed by atoms with Gasteiger partial charge in [0.1, 0.15) is 6.04 Å². The highest BCUT2D eigenvalue weighted by Crippen LogP contribution is 2.34. The third kappa shape index (κ3) is 2.38. The highest BCUT2D eigenvalue weighted by atomic mass is 32.2. The number of anilines is 1. The van der Waals surface area contributed by atoms with Gasteiger partial charge < -0.3 is 5.32 Å². The number of rotatable bonds is 4. The summed E-state index contributed by atoms with van der Waals surface area (Å²) >= 11 is 0. The molecular weight excluding hydrogens is 278 g/mol. The number of para-hydroxylation sites is 1. The maximum Gasteiger partial charge on any atom is 0.304 e. The molecule has 0 aliphatic carbocycles. The Bertz CT molecular complexity index is 613. The van der Waals surface area contributed by atoms with E-state index >= 15 is 0 Å². The van der Waals surface area contributed by atoms with E-state index in [1.807, 2.05) is 19.1 Å². The second-order valence-corrected chi connectivity index (χ2v) is 6.85. The van der Waals surface area contributed by atoms with Gasteiger partial charge in [-0.2, -0.15) is 12.7 Å². The molecule has 0 fully saturated rings. The fraction of sp³-hybridized carbons (Fsp3) is 0.462. The van der Waals surface area contributed by atoms with Gasteiger partial charge in [0.05, 0.1) is 5.69 Å². The van der Waals surface area contributed by atoms with Crippen LogP contribution in [0.3, 0.4) is 0 Å². The first-order valence-corrected chi connectivity index (χ1v) is 7.86. The molecule has 1 aromatic carbocycles. The molecule has 1 aliphatic heterocycles. The Morgan fingerprint density at radius 3 is 2.65 bits per heavy atom. The summed E-state index contributed by atoms with van der Waals surface area (Å²) in [5.41, 5.74) is 1.45. The molecule has 1 heterocycles. The number of carbonyl (C=O) groups is 1. The van der Waals surface area contributed by atoms with Crippen molar-refractivity contribution >= 4 is 21.8 Å². The Morgan fingerprint density at radius 2 is 2.05 bits per heavy atom. The number of hydrogen-bond donors (Lipinski definition) is 1. The van der Waals surface area contributed by atoms with Gasteiger partial charge in [-0.05, 0) is 18.6 Å². The smallest absolute Gasteiger partial charge is 0.304 e. The molecule has 1 aromatic rings. The number of benzene rings is 1. The van der Waals surface area contributed by atoms with E-state index in [-0.39, 0.29) is 5.91 Å². The SMILES string of the molecule is CCNC(=O)C1Cc2ccccc2N1S(=O)(=O)N(C)C. The van der Waals surface area contributed by atoms with Crippen LogP contribution in [0.25, 0.3) is 0 Å². The monoisotopic (exact) mass is 297 g/mol. The molecule has 20 heavy (non-hydrogen) atoms. The lowest BCUT2D eigenvalue weighted by molar-refractivity contribution is -0.121. The molecule has 0 aromatic heterocycles. The topological polar surface area (TPSA) is 69.7 Å². The zero-order chi connectivity index (χ0) is 14.9. The molecule has 1 amide bonds. The molecule has 6 nitrogen and oxygen atoms in total. The van der Waals surface area contributed by atoms with E-state index in [0.717, 1.165) is 9.87 Å². The third-order valence-electron chi connectivity index (χ3n) is 3.29. The van der Waals surface area contributed by atoms with Crippen LogP contribution in [0.5, 0.6) is 0 Å². The molecule has 0 spiro atoms. The quantitative estimate of drug-likeness (QED) is 0.872. The van der Waals surface area contributed by atoms with Gasteiger partial charge in [0.2, 0.25) is 5.91 Å². The zero-order valence-corrected chi connectivity index (χ0v) is 12.6. The van der Waals surface area contributed by atoms with Crippen molar-refractivity contribution in [3.05, 3.63) is 29.8 Å². The number of carbonyl (C=O) groups excluding carboxylic acids is 1. The first kappa shape index (κ1) is 14.8. The van der Waals surface area contributed by atoms with Crippen LogP contribution in [-0.4, -0.2) is 45.3 Å². The predicted molar refractivity (Wildman–Crippen MR) is 77.7 cm³/mol. The summed E-state index contributed by atoms with van der Waals surface area (Å²) in [5.74, 6) is -0.269. The number of fused-ring (bicyclic) bond motifs is 1. The van der Waals surface area contributed by atoms with E-state index in [0.29, 0.717) is 18.7 Å². The van der Waals surface area contributed by atoms with E-state index in [1.165, 1.54) is 18.4 Å². The fourth-order valence-corrected chi connectivity index (χ4v) is 3.58. The summed E-state index contributed by atoms with van der Waals surface area (Å²) < 4.78 is 27.3. The van der Waals surface area contributed by atoms with E-state index < -0.39 is 16.3 Å². The van der Waals surface area contributed by atoms with Gasteiger partial charge in [0.15, 0.2) is 0 Å². The molecular formula is C13H19N3O3S. The zero-order valence-electron chi connectivity index (χ0n) is 11.8. The molecule has 0 saturated heterocycles. The first-order valence-electron chi connectivity index (χ1n) is 6.47. The van der Waals surface area contributed by atoms with Crippen molar-refractivity contribution < 1.29 is 13.2 Å². The van der Waals surface area contributed by atoms with Gasteiger partial charge in [-0.25, -0.2) is 4.31 Å². The van der Waals surface area contributed by atoms with Crippen molar-refractivity contribution in [2.24, 2.45) is 0 Å². The van der Waals surface area contributed by atoms with Crippen LogP contribution >= 0.6 is 0 Å². The van der Waals surface area contributed by atoms with Crippen molar-refractivity contribution in [3.63, 3.8) is 0 Å². The van der Waals surface area contributed by atoms with Crippen LogP contribution in [0, 0.1) is 0 Å². The van der Waals surface area contributed by atoms with Gasteiger partial charge in [-0.3, -0.25) is 4.79 Å². The largest absolute Gasteiger partial charge is 0.355 e. The molecule has 2 rings (SSSR count). The second kappa shape index (κ2) is 5.41. The lowest BCUT2D eigenvalue weighted by Gasteiger charge is -2.28. The van der Waals surface area contributed by atoms with Gasteiger partial charge in [-0.15, -0.1) is 0 Å². The Morgan fingerprint density at radius 1 is 1.40 bits per heavy atom. The molecule has 1 unspecified atom stereocenters. The maximum atomic E-state index is 12.5. The van der Waals surface area contributed by atoms with E-state index in [2.05, 4.69) is 5.32 Å². The first-order chi connectivity index (χ1) is 9.39. The van der Waals surface area contributed by atoms with Crippen LogP contribution in [0.1, 0.15) is 12.5 Å². The van der Waals surface area contributed by atoms with Crippen LogP contribution in [0.4, 0.5) is 5.69 Å². The lowest BCUT2D eigenvalue weighted by atomic mass is 10.1. The van der Waals surface area contributed by atoms with Gasteiger partial charge >= 0.3 is 10.2 Å². The predicted octanol–water partition coefficient (Wildman–Crippen LogP) is 0.360. The Hall–Kier alpha value is -1.60. The highest BCUT2D eigenvalue weighted by molar-refractivity contribution is 7.90. The average Bonchev–Trinajstić information content (AvgIpc) is 2.78. The number of nitrogens with zero attached hydrogens (tertiary/aromatic N) is 2. The highest BCUT2D eigenvalue weighted by Gasteiger charge is 2.42. The van der Waals surface area contributed by atoms with Gasteiger partial charge in [-0.1, -0.05) is 18.2 Å². The number of amides is 1. The minimum absolute atomic E-state index is 0.269. The Balaban J connectivity index is 2.49. The summed E-state index contributed by atoms with van der Waals surface area (Å²) in [5, 5.41) is 2.70. The number of nitrogens with one attached hydrogen (secondary N) is 1. The molecule has 7 heteroatoms. The van der Waals surface area contributed by atoms with E-state index in [4.69, 9.17) is 0 Å². The normalized spacial score (nSPS) is 18.2. The van der Waals surface area contributed by atoms with Crippen molar-refractivity contribution in [1.82, 2.24) is 9.62 Å². The van der Waals surface area contributed by atoms with Gasteiger partial charge in [0.25, 0.3) is 0 Å². The molecule has 110 valence electrons. The van der Waals surface area contributed by atoms with Crippen molar-refractivity contribution in [2.45, 2.75) is 19.4 Å². The van der Waals surface area contributed by atoms with Crippen LogP contribution in [-0.2, 0) is 21.4 Å². The summed E-state index contributed by atoms with van der Waals surface area (Å²) in [4.78, 5) is 12.2. The minimum atomic E-state index is -3.70. The molecule has 0 bridgehead atoms. The van der Waals surface area contributed by atoms with Crippen molar-refractivity contribution in [1.29, 1.82) is 0 Å². The lowest BCUT2D eigenvalue weighted by Crippen LogP contribution is -2.51. The fourth-order valence-electron chi connectivity index (χ4n) is 2.31. The number of likely N-dealkylation sites (N-methyl/N-ethyl adjacent to an activating group) is 1. The third-order valence-corrected chi connectivity index (χ3v) is 5.16. The molecule has 1 atom stereocenters. The molecule has 1 aliphatic rings. The molecule has 0 saturated carbocycles. The summed E-state index contributed by atoms with van der Waals surface area (Å²) in [6.07, 6.45) is 0.398. The van der Waals surface area contributed by atoms with Crippen molar-refractivity contribution in [2.75, 3.05) is 24.9 Å². The van der Waals surface area contributed by atoms with Gasteiger partial charge in [0, 0.05) is 27.1 Å². The molecule has 0 radical (unpaired) electrons. The van der Waals surface area contributed by atoms with Crippen LogP contribution < -0.4 is 9.62 Å². The van der Waals surface area contributed by atoms with E-state index in [1.54, 1.807) is 12.1 Å². The second-order valence-electron chi connectivity index (χ2n) is 4.83. The van der Waals surface area contributed by atoms with Crippen LogP contribution in [0.15, 0.2) is 24.3 Å². The summed E-state index contributed by atoms with van der Waals surface area (Å²) in [6.45, 7) is 2.28. The average molecular weight is 297 g/mol. The van der Waals surface area contributed by atoms with Crippen molar-refractivity contribution in [3.8, 4) is 0 Å². The number of hydrogen-bond acceptors (Lipinski definition) is 3. The van der Waals surface area contributed by atoms with Crippen LogP contribution in [0.2, 0.25) is 0 Å². The van der Waals surface area contributed by atoms with E-state index in [9.17, 15) is 13.2 Å². The Kier molecular flexibility index (Phi) is 4.01.